The summed E-state index contributed by atoms with van der Waals surface area (Å²) in [6.07, 6.45) is 1.74. The molecule has 0 aliphatic rings. The Kier molecular flexibility index (Phi) is 2.44. The van der Waals surface area contributed by atoms with Crippen molar-refractivity contribution < 1.29 is 9.90 Å². The Hall–Kier alpha value is -2.17. The molecule has 5 heteroatoms. The third kappa shape index (κ3) is 1.46. The van der Waals surface area contributed by atoms with Gasteiger partial charge in [0.05, 0.1) is 0 Å². The summed E-state index contributed by atoms with van der Waals surface area (Å²) in [5.74, 6) is -1.25. The summed E-state index contributed by atoms with van der Waals surface area (Å²) in [5, 5.41) is 8.84. The van der Waals surface area contributed by atoms with E-state index in [9.17, 15) is 9.59 Å². The number of hydrogen-bond donors (Lipinski definition) is 1. The van der Waals surface area contributed by atoms with Crippen molar-refractivity contribution in [3.05, 3.63) is 46.0 Å². The van der Waals surface area contributed by atoms with Gasteiger partial charge in [-0.15, -0.1) is 0 Å². The van der Waals surface area contributed by atoms with Crippen LogP contribution in [0.2, 0.25) is 0 Å². The molecule has 0 spiro atoms. The van der Waals surface area contributed by atoms with E-state index in [1.165, 1.54) is 4.40 Å². The first-order valence-electron chi connectivity index (χ1n) is 4.88. The summed E-state index contributed by atoms with van der Waals surface area (Å²) in [4.78, 5) is 26.7. The van der Waals surface area contributed by atoms with Crippen LogP contribution in [0, 0.1) is 0 Å². The number of aromatic nitrogens is 2. The van der Waals surface area contributed by atoms with Crippen LogP contribution in [0.5, 0.6) is 0 Å². The Morgan fingerprint density at radius 1 is 1.50 bits per heavy atom. The summed E-state index contributed by atoms with van der Waals surface area (Å²) in [5.41, 5.74) is 0.376. The maximum Gasteiger partial charge on any atom is 0.342 e. The number of aryl methyl sites for hydroxylation is 1. The number of carboxylic acids is 1. The molecule has 0 bridgehead atoms. The fraction of sp³-hybridized carbons (Fsp3) is 0.182. The van der Waals surface area contributed by atoms with Gasteiger partial charge in [-0.2, -0.15) is 0 Å². The third-order valence-electron chi connectivity index (χ3n) is 2.40. The van der Waals surface area contributed by atoms with Crippen LogP contribution in [0.15, 0.2) is 29.2 Å². The number of hydrogen-bond acceptors (Lipinski definition) is 3. The number of fused-ring (bicyclic) bond motifs is 1. The minimum Gasteiger partial charge on any atom is -0.477 e. The third-order valence-corrected chi connectivity index (χ3v) is 2.40. The summed E-state index contributed by atoms with van der Waals surface area (Å²) >= 11 is 0. The van der Waals surface area contributed by atoms with Gasteiger partial charge in [0, 0.05) is 11.9 Å². The van der Waals surface area contributed by atoms with Gasteiger partial charge in [-0.25, -0.2) is 9.78 Å². The second kappa shape index (κ2) is 3.77. The monoisotopic (exact) mass is 218 g/mol. The topological polar surface area (TPSA) is 71.7 Å². The van der Waals surface area contributed by atoms with Gasteiger partial charge in [0.15, 0.2) is 0 Å². The van der Waals surface area contributed by atoms with Gasteiger partial charge in [-0.05, 0) is 18.6 Å². The van der Waals surface area contributed by atoms with Crippen LogP contribution < -0.4 is 5.56 Å². The molecule has 1 N–H and O–H groups in total. The maximum absolute atomic E-state index is 11.9. The van der Waals surface area contributed by atoms with Gasteiger partial charge >= 0.3 is 5.97 Å². The Bertz CT molecular complexity index is 616. The maximum atomic E-state index is 11.9. The summed E-state index contributed by atoms with van der Waals surface area (Å²) in [7, 11) is 0. The van der Waals surface area contributed by atoms with E-state index in [0.29, 0.717) is 12.1 Å². The van der Waals surface area contributed by atoms with Crippen molar-refractivity contribution in [2.45, 2.75) is 13.3 Å². The molecule has 0 atom stereocenters. The fourth-order valence-electron chi connectivity index (χ4n) is 1.61. The largest absolute Gasteiger partial charge is 0.477 e. The zero-order valence-electron chi connectivity index (χ0n) is 8.67. The summed E-state index contributed by atoms with van der Waals surface area (Å²) in [6.45, 7) is 1.90. The molecule has 0 saturated heterocycles. The lowest BCUT2D eigenvalue weighted by atomic mass is 10.2. The molecule has 0 saturated carbocycles. The van der Waals surface area contributed by atoms with Crippen molar-refractivity contribution in [1.82, 2.24) is 9.38 Å². The zero-order valence-corrected chi connectivity index (χ0v) is 8.67. The van der Waals surface area contributed by atoms with Crippen molar-refractivity contribution >= 4 is 11.6 Å². The number of nitrogens with zero attached hydrogens (tertiary/aromatic N) is 2. The predicted octanol–water partition coefficient (Wildman–Crippen LogP) is 0.955. The fourth-order valence-corrected chi connectivity index (χ4v) is 1.61. The number of rotatable bonds is 2. The van der Waals surface area contributed by atoms with Crippen LogP contribution in [0.3, 0.4) is 0 Å². The molecule has 16 heavy (non-hydrogen) atoms. The standard InChI is InChI=1S/C11H10N2O3/c1-2-7-4-3-5-9-12-6-8(11(15)16)10(14)13(7)9/h3-6H,2H2,1H3,(H,15,16). The SMILES string of the molecule is CCc1cccc2ncc(C(=O)O)c(=O)n12. The van der Waals surface area contributed by atoms with Crippen LogP contribution >= 0.6 is 0 Å². The minimum atomic E-state index is -1.25. The van der Waals surface area contributed by atoms with Gasteiger partial charge in [-0.1, -0.05) is 13.0 Å². The van der Waals surface area contributed by atoms with Crippen LogP contribution in [-0.4, -0.2) is 20.5 Å². The van der Waals surface area contributed by atoms with E-state index in [1.54, 1.807) is 18.2 Å². The second-order valence-corrected chi connectivity index (χ2v) is 3.35. The molecule has 2 aromatic rings. The average Bonchev–Trinajstić information content (AvgIpc) is 2.28. The van der Waals surface area contributed by atoms with E-state index in [-0.39, 0.29) is 5.56 Å². The summed E-state index contributed by atoms with van der Waals surface area (Å²) in [6, 6.07) is 5.24. The molecule has 2 heterocycles. The van der Waals surface area contributed by atoms with Gasteiger partial charge in [-0.3, -0.25) is 9.20 Å². The van der Waals surface area contributed by atoms with Crippen LogP contribution in [0.4, 0.5) is 0 Å². The van der Waals surface area contributed by atoms with Crippen molar-refractivity contribution in [2.75, 3.05) is 0 Å². The molecule has 0 fully saturated rings. The van der Waals surface area contributed by atoms with Gasteiger partial charge in [0.1, 0.15) is 11.2 Å². The lowest BCUT2D eigenvalue weighted by Crippen LogP contribution is -2.24. The van der Waals surface area contributed by atoms with E-state index >= 15 is 0 Å². The smallest absolute Gasteiger partial charge is 0.342 e. The molecule has 0 amide bonds. The van der Waals surface area contributed by atoms with E-state index < -0.39 is 11.5 Å². The van der Waals surface area contributed by atoms with E-state index in [4.69, 9.17) is 5.11 Å². The molecule has 5 nitrogen and oxygen atoms in total. The highest BCUT2D eigenvalue weighted by atomic mass is 16.4. The van der Waals surface area contributed by atoms with Crippen LogP contribution in [0.1, 0.15) is 23.0 Å². The first-order valence-corrected chi connectivity index (χ1v) is 4.88. The second-order valence-electron chi connectivity index (χ2n) is 3.35. The Morgan fingerprint density at radius 3 is 2.88 bits per heavy atom. The molecular formula is C11H10N2O3. The van der Waals surface area contributed by atoms with Crippen molar-refractivity contribution in [3.63, 3.8) is 0 Å². The lowest BCUT2D eigenvalue weighted by Gasteiger charge is -2.06. The number of carbonyl (C=O) groups is 1. The summed E-state index contributed by atoms with van der Waals surface area (Å²) < 4.78 is 1.34. The van der Waals surface area contributed by atoms with Crippen molar-refractivity contribution in [3.8, 4) is 0 Å². The van der Waals surface area contributed by atoms with E-state index in [1.807, 2.05) is 6.92 Å². The number of aromatic carboxylic acids is 1. The Labute approximate surface area is 91.0 Å². The molecule has 0 aliphatic carbocycles. The first kappa shape index (κ1) is 10.4. The number of carboxylic acid groups (broad SMARTS) is 1. The van der Waals surface area contributed by atoms with Gasteiger partial charge in [0.25, 0.3) is 5.56 Å². The highest BCUT2D eigenvalue weighted by Crippen LogP contribution is 2.04. The average molecular weight is 218 g/mol. The predicted molar refractivity (Wildman–Crippen MR) is 57.8 cm³/mol. The lowest BCUT2D eigenvalue weighted by molar-refractivity contribution is 0.0694. The Balaban J connectivity index is 2.92. The molecule has 2 rings (SSSR count). The van der Waals surface area contributed by atoms with E-state index in [0.717, 1.165) is 11.9 Å². The van der Waals surface area contributed by atoms with Crippen molar-refractivity contribution in [1.29, 1.82) is 0 Å². The Morgan fingerprint density at radius 2 is 2.25 bits per heavy atom. The van der Waals surface area contributed by atoms with E-state index in [2.05, 4.69) is 4.98 Å². The molecule has 0 aliphatic heterocycles. The van der Waals surface area contributed by atoms with Crippen LogP contribution in [0.25, 0.3) is 5.65 Å². The van der Waals surface area contributed by atoms with Crippen LogP contribution in [-0.2, 0) is 6.42 Å². The van der Waals surface area contributed by atoms with Gasteiger partial charge in [0.2, 0.25) is 0 Å². The zero-order chi connectivity index (χ0) is 11.7. The molecule has 0 aromatic carbocycles. The van der Waals surface area contributed by atoms with Gasteiger partial charge < -0.3 is 5.11 Å². The minimum absolute atomic E-state index is 0.307. The molecular weight excluding hydrogens is 208 g/mol. The first-order chi connectivity index (χ1) is 7.65. The molecule has 2 aromatic heterocycles. The highest BCUT2D eigenvalue weighted by molar-refractivity contribution is 5.87. The molecule has 0 radical (unpaired) electrons. The number of pyridine rings is 1. The molecule has 0 unspecified atom stereocenters. The van der Waals surface area contributed by atoms with Crippen molar-refractivity contribution in [2.24, 2.45) is 0 Å². The normalized spacial score (nSPS) is 10.6. The quantitative estimate of drug-likeness (QED) is 0.814. The molecule has 82 valence electrons. The highest BCUT2D eigenvalue weighted by Gasteiger charge is 2.12.